The molecule has 3 nitrogen and oxygen atoms in total. The fraction of sp³-hybridized carbons (Fsp3) is 0.154. The van der Waals surface area contributed by atoms with E-state index in [-0.39, 0.29) is 5.91 Å². The van der Waals surface area contributed by atoms with Crippen LogP contribution in [0.5, 0.6) is 0 Å². The summed E-state index contributed by atoms with van der Waals surface area (Å²) < 4.78 is 2.00. The van der Waals surface area contributed by atoms with Gasteiger partial charge >= 0.3 is 0 Å². The highest BCUT2D eigenvalue weighted by Gasteiger charge is 2.02. The Morgan fingerprint density at radius 1 is 1.38 bits per heavy atom. The zero-order valence-corrected chi connectivity index (χ0v) is 9.23. The molecular formula is C13H14N2O. The highest BCUT2D eigenvalue weighted by Crippen LogP contribution is 2.14. The van der Waals surface area contributed by atoms with Crippen LogP contribution in [0.4, 0.5) is 0 Å². The van der Waals surface area contributed by atoms with Crippen molar-refractivity contribution in [2.24, 2.45) is 0 Å². The van der Waals surface area contributed by atoms with E-state index in [2.05, 4.69) is 11.9 Å². The number of carbonyl (C=O) groups excluding carboxylic acids is 1. The van der Waals surface area contributed by atoms with Crippen LogP contribution in [0.2, 0.25) is 0 Å². The summed E-state index contributed by atoms with van der Waals surface area (Å²) in [5, 5.41) is 3.97. The van der Waals surface area contributed by atoms with Gasteiger partial charge in [0.2, 0.25) is 5.91 Å². The number of nitrogens with one attached hydrogen (secondary N) is 1. The summed E-state index contributed by atoms with van der Waals surface area (Å²) in [6.07, 6.45) is 1.96. The Bertz CT molecular complexity index is 540. The standard InChI is InChI=1S/C13H14N2O/c1-10(2)13(16)14-9-15-8-7-11-5-3-4-6-12(11)15/h3-8H,1,9H2,2H3,(H,14,16). The smallest absolute Gasteiger partial charge is 0.247 e. The van der Waals surface area contributed by atoms with Crippen molar-refractivity contribution in [3.05, 3.63) is 48.7 Å². The molecule has 2 aromatic rings. The highest BCUT2D eigenvalue weighted by molar-refractivity contribution is 5.92. The van der Waals surface area contributed by atoms with E-state index in [9.17, 15) is 4.79 Å². The maximum atomic E-state index is 11.4. The van der Waals surface area contributed by atoms with Crippen molar-refractivity contribution in [3.8, 4) is 0 Å². The van der Waals surface area contributed by atoms with E-state index >= 15 is 0 Å². The van der Waals surface area contributed by atoms with Gasteiger partial charge in [-0.1, -0.05) is 24.8 Å². The van der Waals surface area contributed by atoms with Crippen molar-refractivity contribution < 1.29 is 4.79 Å². The van der Waals surface area contributed by atoms with Crippen LogP contribution in [-0.2, 0) is 11.5 Å². The SMILES string of the molecule is C=C(C)C(=O)NCn1ccc2ccccc21. The second-order valence-electron chi connectivity index (χ2n) is 3.79. The monoisotopic (exact) mass is 214 g/mol. The molecule has 16 heavy (non-hydrogen) atoms. The second-order valence-corrected chi connectivity index (χ2v) is 3.79. The Hall–Kier alpha value is -2.03. The first-order valence-corrected chi connectivity index (χ1v) is 5.16. The van der Waals surface area contributed by atoms with Gasteiger partial charge in [-0.05, 0) is 24.4 Å². The van der Waals surface area contributed by atoms with Crippen LogP contribution < -0.4 is 5.32 Å². The third-order valence-electron chi connectivity index (χ3n) is 2.48. The molecule has 0 aliphatic carbocycles. The van der Waals surface area contributed by atoms with Crippen molar-refractivity contribution in [3.63, 3.8) is 0 Å². The number of aromatic nitrogens is 1. The number of benzene rings is 1. The molecule has 2 rings (SSSR count). The zero-order valence-electron chi connectivity index (χ0n) is 9.23. The quantitative estimate of drug-likeness (QED) is 0.781. The normalized spacial score (nSPS) is 10.3. The van der Waals surface area contributed by atoms with Gasteiger partial charge in [-0.3, -0.25) is 4.79 Å². The molecule has 0 radical (unpaired) electrons. The molecule has 0 saturated heterocycles. The molecule has 0 fully saturated rings. The fourth-order valence-corrected chi connectivity index (χ4v) is 1.59. The number of hydrogen-bond acceptors (Lipinski definition) is 1. The summed E-state index contributed by atoms with van der Waals surface area (Å²) >= 11 is 0. The summed E-state index contributed by atoms with van der Waals surface area (Å²) in [4.78, 5) is 11.4. The topological polar surface area (TPSA) is 34.0 Å². The minimum Gasteiger partial charge on any atom is -0.334 e. The van der Waals surface area contributed by atoms with Crippen LogP contribution in [0.15, 0.2) is 48.7 Å². The largest absolute Gasteiger partial charge is 0.334 e. The molecule has 0 aliphatic rings. The average Bonchev–Trinajstić information content (AvgIpc) is 2.69. The van der Waals surface area contributed by atoms with Gasteiger partial charge < -0.3 is 9.88 Å². The molecule has 1 amide bonds. The number of amides is 1. The Labute approximate surface area is 94.4 Å². The fourth-order valence-electron chi connectivity index (χ4n) is 1.59. The lowest BCUT2D eigenvalue weighted by molar-refractivity contribution is -0.117. The number of carbonyl (C=O) groups is 1. The Balaban J connectivity index is 2.16. The number of rotatable bonds is 3. The Morgan fingerprint density at radius 3 is 2.88 bits per heavy atom. The maximum Gasteiger partial charge on any atom is 0.247 e. The lowest BCUT2D eigenvalue weighted by atomic mass is 10.2. The lowest BCUT2D eigenvalue weighted by Crippen LogP contribution is -2.25. The van der Waals surface area contributed by atoms with Gasteiger partial charge in [-0.15, -0.1) is 0 Å². The molecular weight excluding hydrogens is 200 g/mol. The van der Waals surface area contributed by atoms with E-state index in [0.717, 1.165) is 5.52 Å². The van der Waals surface area contributed by atoms with Gasteiger partial charge in [-0.25, -0.2) is 0 Å². The van der Waals surface area contributed by atoms with Crippen molar-refractivity contribution in [2.75, 3.05) is 0 Å². The van der Waals surface area contributed by atoms with Crippen LogP contribution in [0.1, 0.15) is 6.92 Å². The van der Waals surface area contributed by atoms with Gasteiger partial charge in [0, 0.05) is 17.3 Å². The van der Waals surface area contributed by atoms with Crippen LogP contribution >= 0.6 is 0 Å². The molecule has 0 saturated carbocycles. The molecule has 1 aromatic carbocycles. The lowest BCUT2D eigenvalue weighted by Gasteiger charge is -2.07. The average molecular weight is 214 g/mol. The number of fused-ring (bicyclic) bond motifs is 1. The summed E-state index contributed by atoms with van der Waals surface area (Å²) in [6, 6.07) is 10.1. The summed E-state index contributed by atoms with van der Waals surface area (Å²) in [7, 11) is 0. The van der Waals surface area contributed by atoms with Gasteiger partial charge in [0.1, 0.15) is 0 Å². The summed E-state index contributed by atoms with van der Waals surface area (Å²) in [5.41, 5.74) is 1.64. The van der Waals surface area contributed by atoms with E-state index in [0.29, 0.717) is 12.2 Å². The maximum absolute atomic E-state index is 11.4. The van der Waals surface area contributed by atoms with E-state index in [1.54, 1.807) is 6.92 Å². The first-order chi connectivity index (χ1) is 7.68. The zero-order chi connectivity index (χ0) is 11.5. The first-order valence-electron chi connectivity index (χ1n) is 5.16. The number of nitrogens with zero attached hydrogens (tertiary/aromatic N) is 1. The molecule has 1 N–H and O–H groups in total. The molecule has 82 valence electrons. The summed E-state index contributed by atoms with van der Waals surface area (Å²) in [5.74, 6) is -0.113. The van der Waals surface area contributed by atoms with Crippen LogP contribution in [0, 0.1) is 0 Å². The van der Waals surface area contributed by atoms with E-state index in [4.69, 9.17) is 0 Å². The van der Waals surface area contributed by atoms with Gasteiger partial charge in [0.25, 0.3) is 0 Å². The molecule has 1 heterocycles. The molecule has 0 unspecified atom stereocenters. The second kappa shape index (κ2) is 4.23. The first kappa shape index (κ1) is 10.5. The van der Waals surface area contributed by atoms with E-state index in [1.807, 2.05) is 41.1 Å². The molecule has 3 heteroatoms. The van der Waals surface area contributed by atoms with E-state index < -0.39 is 0 Å². The molecule has 1 aromatic heterocycles. The number of hydrogen-bond donors (Lipinski definition) is 1. The van der Waals surface area contributed by atoms with Gasteiger partial charge in [0.15, 0.2) is 0 Å². The minimum absolute atomic E-state index is 0.113. The summed E-state index contributed by atoms with van der Waals surface area (Å²) in [6.45, 7) is 5.76. The van der Waals surface area contributed by atoms with Crippen LogP contribution in [-0.4, -0.2) is 10.5 Å². The predicted molar refractivity (Wildman–Crippen MR) is 64.9 cm³/mol. The third-order valence-corrected chi connectivity index (χ3v) is 2.48. The van der Waals surface area contributed by atoms with Crippen molar-refractivity contribution in [1.82, 2.24) is 9.88 Å². The Kier molecular flexibility index (Phi) is 2.77. The van der Waals surface area contributed by atoms with Crippen molar-refractivity contribution >= 4 is 16.8 Å². The minimum atomic E-state index is -0.113. The predicted octanol–water partition coefficient (Wildman–Crippen LogP) is 2.29. The van der Waals surface area contributed by atoms with Crippen LogP contribution in [0.3, 0.4) is 0 Å². The van der Waals surface area contributed by atoms with Gasteiger partial charge in [-0.2, -0.15) is 0 Å². The highest BCUT2D eigenvalue weighted by atomic mass is 16.1. The van der Waals surface area contributed by atoms with Crippen molar-refractivity contribution in [2.45, 2.75) is 13.6 Å². The molecule has 0 atom stereocenters. The molecule has 0 aliphatic heterocycles. The van der Waals surface area contributed by atoms with Crippen molar-refractivity contribution in [1.29, 1.82) is 0 Å². The molecule has 0 bridgehead atoms. The van der Waals surface area contributed by atoms with Gasteiger partial charge in [0.05, 0.1) is 6.67 Å². The van der Waals surface area contributed by atoms with E-state index in [1.165, 1.54) is 5.39 Å². The van der Waals surface area contributed by atoms with Crippen LogP contribution in [0.25, 0.3) is 10.9 Å². The number of para-hydroxylation sites is 1. The Morgan fingerprint density at radius 2 is 2.12 bits per heavy atom. The molecule has 0 spiro atoms. The third kappa shape index (κ3) is 1.98.